The molecule has 3 fully saturated rings. The number of benzene rings is 1. The van der Waals surface area contributed by atoms with Crippen molar-refractivity contribution >= 4 is 5.96 Å². The van der Waals surface area contributed by atoms with Gasteiger partial charge in [-0.2, -0.15) is 0 Å². The van der Waals surface area contributed by atoms with E-state index in [0.29, 0.717) is 17.2 Å². The molecule has 1 aromatic carbocycles. The summed E-state index contributed by atoms with van der Waals surface area (Å²) in [6.07, 6.45) is 5.73. The predicted octanol–water partition coefficient (Wildman–Crippen LogP) is 2.84. The maximum absolute atomic E-state index is 5.50. The number of methoxy groups -OCH3 is 3. The van der Waals surface area contributed by atoms with E-state index in [1.54, 1.807) is 21.3 Å². The Morgan fingerprint density at radius 2 is 1.55 bits per heavy atom. The molecule has 2 saturated carbocycles. The molecule has 172 valence electrons. The molecular formula is C24H38N4O3. The second-order valence-corrected chi connectivity index (χ2v) is 9.06. The first-order valence-electron chi connectivity index (χ1n) is 11.6. The lowest BCUT2D eigenvalue weighted by Crippen LogP contribution is -2.52. The van der Waals surface area contributed by atoms with Gasteiger partial charge in [0.05, 0.1) is 21.3 Å². The van der Waals surface area contributed by atoms with E-state index >= 15 is 0 Å². The third-order valence-corrected chi connectivity index (χ3v) is 6.97. The number of guanidine groups is 1. The molecule has 4 rings (SSSR count). The Morgan fingerprint density at radius 3 is 2.00 bits per heavy atom. The van der Waals surface area contributed by atoms with Gasteiger partial charge in [-0.05, 0) is 61.1 Å². The van der Waals surface area contributed by atoms with Crippen LogP contribution >= 0.6 is 0 Å². The summed E-state index contributed by atoms with van der Waals surface area (Å²) in [5, 5.41) is 3.70. The van der Waals surface area contributed by atoms with Crippen molar-refractivity contribution in [1.29, 1.82) is 0 Å². The highest BCUT2D eigenvalue weighted by Crippen LogP contribution is 2.48. The maximum Gasteiger partial charge on any atom is 0.203 e. The van der Waals surface area contributed by atoms with Crippen molar-refractivity contribution in [3.8, 4) is 17.2 Å². The van der Waals surface area contributed by atoms with Crippen LogP contribution in [0.1, 0.15) is 31.2 Å². The summed E-state index contributed by atoms with van der Waals surface area (Å²) in [5.74, 6) is 5.92. The summed E-state index contributed by atoms with van der Waals surface area (Å²) in [6, 6.07) is 4.09. The Morgan fingerprint density at radius 1 is 0.968 bits per heavy atom. The van der Waals surface area contributed by atoms with Crippen LogP contribution in [0.3, 0.4) is 0 Å². The lowest BCUT2D eigenvalue weighted by molar-refractivity contribution is 0.171. The number of hydrogen-bond donors (Lipinski definition) is 1. The normalized spacial score (nSPS) is 20.2. The number of nitrogens with zero attached hydrogens (tertiary/aromatic N) is 3. The summed E-state index contributed by atoms with van der Waals surface area (Å²) < 4.78 is 16.5. The number of aliphatic imine (C=N–C) groups is 1. The van der Waals surface area contributed by atoms with Gasteiger partial charge in [0.1, 0.15) is 0 Å². The largest absolute Gasteiger partial charge is 0.493 e. The predicted molar refractivity (Wildman–Crippen MR) is 123 cm³/mol. The van der Waals surface area contributed by atoms with E-state index in [1.807, 2.05) is 19.2 Å². The summed E-state index contributed by atoms with van der Waals surface area (Å²) in [7, 11) is 6.87. The SMILES string of the molecule is CN=C(NCC(C1CC1)C1CC1)N1CCN(Cc2cc(OC)c(OC)c(OC)c2)CC1. The molecule has 7 nitrogen and oxygen atoms in total. The van der Waals surface area contributed by atoms with Gasteiger partial charge in [0.15, 0.2) is 17.5 Å². The van der Waals surface area contributed by atoms with Gasteiger partial charge in [0.2, 0.25) is 5.75 Å². The zero-order valence-corrected chi connectivity index (χ0v) is 19.5. The first-order valence-corrected chi connectivity index (χ1v) is 11.6. The lowest BCUT2D eigenvalue weighted by atomic mass is 9.98. The van der Waals surface area contributed by atoms with E-state index in [-0.39, 0.29) is 0 Å². The molecule has 1 heterocycles. The fourth-order valence-electron chi connectivity index (χ4n) is 4.91. The van der Waals surface area contributed by atoms with Crippen LogP contribution in [-0.2, 0) is 6.54 Å². The van der Waals surface area contributed by atoms with Gasteiger partial charge in [-0.3, -0.25) is 9.89 Å². The van der Waals surface area contributed by atoms with E-state index < -0.39 is 0 Å². The van der Waals surface area contributed by atoms with Crippen LogP contribution in [0, 0.1) is 17.8 Å². The Balaban J connectivity index is 1.30. The van der Waals surface area contributed by atoms with E-state index in [1.165, 1.54) is 31.2 Å². The molecule has 7 heteroatoms. The van der Waals surface area contributed by atoms with Crippen LogP contribution < -0.4 is 19.5 Å². The van der Waals surface area contributed by atoms with Crippen molar-refractivity contribution in [2.24, 2.45) is 22.7 Å². The fraction of sp³-hybridized carbons (Fsp3) is 0.708. The zero-order chi connectivity index (χ0) is 21.8. The molecule has 0 aromatic heterocycles. The maximum atomic E-state index is 5.50. The van der Waals surface area contributed by atoms with Crippen molar-refractivity contribution in [2.75, 3.05) is 61.1 Å². The van der Waals surface area contributed by atoms with Gasteiger partial charge in [-0.25, -0.2) is 0 Å². The molecule has 3 aliphatic rings. The molecule has 0 spiro atoms. The highest BCUT2D eigenvalue weighted by atomic mass is 16.5. The molecular weight excluding hydrogens is 392 g/mol. The first-order chi connectivity index (χ1) is 15.2. The van der Waals surface area contributed by atoms with Crippen molar-refractivity contribution < 1.29 is 14.2 Å². The third-order valence-electron chi connectivity index (χ3n) is 6.97. The van der Waals surface area contributed by atoms with Crippen molar-refractivity contribution in [3.63, 3.8) is 0 Å². The molecule has 0 radical (unpaired) electrons. The minimum absolute atomic E-state index is 0.643. The Kier molecular flexibility index (Phi) is 7.10. The quantitative estimate of drug-likeness (QED) is 0.480. The highest BCUT2D eigenvalue weighted by Gasteiger charge is 2.41. The number of ether oxygens (including phenoxy) is 3. The van der Waals surface area contributed by atoms with Crippen LogP contribution in [0.5, 0.6) is 17.2 Å². The molecule has 31 heavy (non-hydrogen) atoms. The molecule has 1 aromatic rings. The number of rotatable bonds is 9. The molecule has 0 unspecified atom stereocenters. The van der Waals surface area contributed by atoms with Gasteiger partial charge in [-0.15, -0.1) is 0 Å². The van der Waals surface area contributed by atoms with Gasteiger partial charge < -0.3 is 24.4 Å². The number of nitrogens with one attached hydrogen (secondary N) is 1. The van der Waals surface area contributed by atoms with Gasteiger partial charge in [0.25, 0.3) is 0 Å². The minimum atomic E-state index is 0.643. The summed E-state index contributed by atoms with van der Waals surface area (Å²) in [6.45, 7) is 5.94. The fourth-order valence-corrected chi connectivity index (χ4v) is 4.91. The molecule has 0 atom stereocenters. The Bertz CT molecular complexity index is 731. The Hall–Kier alpha value is -2.15. The van der Waals surface area contributed by atoms with Gasteiger partial charge in [0, 0.05) is 46.3 Å². The third kappa shape index (κ3) is 5.37. The first kappa shape index (κ1) is 22.1. The average Bonchev–Trinajstić information content (AvgIpc) is 3.71. The van der Waals surface area contributed by atoms with Crippen LogP contribution in [0.15, 0.2) is 17.1 Å². The molecule has 1 saturated heterocycles. The van der Waals surface area contributed by atoms with E-state index in [9.17, 15) is 0 Å². The molecule has 2 aliphatic carbocycles. The Labute approximate surface area is 186 Å². The van der Waals surface area contributed by atoms with Crippen LogP contribution in [0.4, 0.5) is 0 Å². The average molecular weight is 431 g/mol. The van der Waals surface area contributed by atoms with Crippen LogP contribution in [0.2, 0.25) is 0 Å². The molecule has 0 bridgehead atoms. The van der Waals surface area contributed by atoms with E-state index in [0.717, 1.165) is 63.0 Å². The van der Waals surface area contributed by atoms with E-state index in [4.69, 9.17) is 14.2 Å². The summed E-state index contributed by atoms with van der Waals surface area (Å²) in [5.41, 5.74) is 1.17. The second kappa shape index (κ2) is 9.98. The highest BCUT2D eigenvalue weighted by molar-refractivity contribution is 5.80. The standard InChI is InChI=1S/C24H38N4O3/c1-25-24(26-15-20(18-5-6-18)19-7-8-19)28-11-9-27(10-12-28)16-17-13-21(29-2)23(31-4)22(14-17)30-3/h13-14,18-20H,5-12,15-16H2,1-4H3,(H,25,26). The van der Waals surface area contributed by atoms with Gasteiger partial charge in [-0.1, -0.05) is 0 Å². The smallest absolute Gasteiger partial charge is 0.203 e. The molecule has 1 N–H and O–H groups in total. The minimum Gasteiger partial charge on any atom is -0.493 e. The lowest BCUT2D eigenvalue weighted by Gasteiger charge is -2.37. The summed E-state index contributed by atoms with van der Waals surface area (Å²) >= 11 is 0. The number of piperazine rings is 1. The van der Waals surface area contributed by atoms with Crippen LogP contribution in [0.25, 0.3) is 0 Å². The van der Waals surface area contributed by atoms with Crippen molar-refractivity contribution in [2.45, 2.75) is 32.2 Å². The monoisotopic (exact) mass is 430 g/mol. The van der Waals surface area contributed by atoms with Crippen molar-refractivity contribution in [3.05, 3.63) is 17.7 Å². The summed E-state index contributed by atoms with van der Waals surface area (Å²) in [4.78, 5) is 9.46. The van der Waals surface area contributed by atoms with Gasteiger partial charge >= 0.3 is 0 Å². The van der Waals surface area contributed by atoms with Crippen molar-refractivity contribution in [1.82, 2.24) is 15.1 Å². The zero-order valence-electron chi connectivity index (χ0n) is 19.5. The topological polar surface area (TPSA) is 58.6 Å². The molecule has 0 amide bonds. The second-order valence-electron chi connectivity index (χ2n) is 9.06. The number of hydrogen-bond acceptors (Lipinski definition) is 5. The van der Waals surface area contributed by atoms with Crippen LogP contribution in [-0.4, -0.2) is 76.9 Å². The van der Waals surface area contributed by atoms with E-state index in [2.05, 4.69) is 20.1 Å². The molecule has 1 aliphatic heterocycles.